The molecule has 172 valence electrons. The Labute approximate surface area is 188 Å². The first kappa shape index (κ1) is 23.4. The van der Waals surface area contributed by atoms with E-state index in [1.54, 1.807) is 30.3 Å². The number of rotatable bonds is 5. The molecule has 1 aliphatic rings. The van der Waals surface area contributed by atoms with Crippen LogP contribution in [0.3, 0.4) is 0 Å². The topological polar surface area (TPSA) is 90.0 Å². The van der Waals surface area contributed by atoms with Crippen LogP contribution in [-0.2, 0) is 9.53 Å². The first-order valence-corrected chi connectivity index (χ1v) is 10.7. The number of amides is 2. The zero-order valence-corrected chi connectivity index (χ0v) is 19.3. The standard InChI is InChI=1S/C24H31N3O5/c1-16-8-10-19(20(13-16)30-5)31-21-11-9-18(14-25-21)26-22(28)17-7-6-12-27(15-17)23(29)32-24(2,3)4/h8-11,13-14,17H,6-7,12,15H2,1-5H3,(H,26,28). The zero-order chi connectivity index (χ0) is 23.3. The molecule has 1 saturated heterocycles. The first-order valence-electron chi connectivity index (χ1n) is 10.7. The van der Waals surface area contributed by atoms with Crippen LogP contribution < -0.4 is 14.8 Å². The van der Waals surface area contributed by atoms with Crippen molar-refractivity contribution in [3.63, 3.8) is 0 Å². The van der Waals surface area contributed by atoms with Crippen LogP contribution in [0.25, 0.3) is 0 Å². The Bertz CT molecular complexity index is 953. The zero-order valence-electron chi connectivity index (χ0n) is 19.3. The molecule has 0 bridgehead atoms. The van der Waals surface area contributed by atoms with E-state index in [1.165, 1.54) is 0 Å². The Kier molecular flexibility index (Phi) is 7.22. The lowest BCUT2D eigenvalue weighted by Gasteiger charge is -2.33. The van der Waals surface area contributed by atoms with Crippen molar-refractivity contribution in [2.45, 2.75) is 46.1 Å². The van der Waals surface area contributed by atoms with Crippen LogP contribution in [0.5, 0.6) is 17.4 Å². The predicted molar refractivity (Wildman–Crippen MR) is 121 cm³/mol. The average molecular weight is 442 g/mol. The van der Waals surface area contributed by atoms with Crippen LogP contribution in [0, 0.1) is 12.8 Å². The Balaban J connectivity index is 1.58. The van der Waals surface area contributed by atoms with Gasteiger partial charge in [0.05, 0.1) is 24.9 Å². The number of anilines is 1. The van der Waals surface area contributed by atoms with E-state index >= 15 is 0 Å². The second-order valence-corrected chi connectivity index (χ2v) is 8.90. The van der Waals surface area contributed by atoms with Crippen molar-refractivity contribution < 1.29 is 23.8 Å². The van der Waals surface area contributed by atoms with Gasteiger partial charge in [-0.15, -0.1) is 0 Å². The van der Waals surface area contributed by atoms with Crippen molar-refractivity contribution in [2.24, 2.45) is 5.92 Å². The second-order valence-electron chi connectivity index (χ2n) is 8.90. The largest absolute Gasteiger partial charge is 0.493 e. The minimum atomic E-state index is -0.565. The van der Waals surface area contributed by atoms with Crippen LogP contribution in [0.1, 0.15) is 39.2 Å². The number of hydrogen-bond acceptors (Lipinski definition) is 6. The number of methoxy groups -OCH3 is 1. The van der Waals surface area contributed by atoms with Crippen LogP contribution in [-0.4, -0.2) is 47.7 Å². The van der Waals surface area contributed by atoms with Gasteiger partial charge in [-0.3, -0.25) is 4.79 Å². The van der Waals surface area contributed by atoms with Crippen molar-refractivity contribution in [3.8, 4) is 17.4 Å². The lowest BCUT2D eigenvalue weighted by molar-refractivity contribution is -0.121. The molecule has 1 N–H and O–H groups in total. The highest BCUT2D eigenvalue weighted by Crippen LogP contribution is 2.31. The molecule has 1 atom stereocenters. The third-order valence-electron chi connectivity index (χ3n) is 4.98. The molecule has 0 aliphatic carbocycles. The van der Waals surface area contributed by atoms with Gasteiger partial charge >= 0.3 is 6.09 Å². The average Bonchev–Trinajstić information content (AvgIpc) is 2.75. The van der Waals surface area contributed by atoms with Crippen molar-refractivity contribution in [1.29, 1.82) is 0 Å². The number of carbonyl (C=O) groups excluding carboxylic acids is 2. The van der Waals surface area contributed by atoms with Crippen LogP contribution in [0.2, 0.25) is 0 Å². The minimum absolute atomic E-state index is 0.145. The molecule has 1 unspecified atom stereocenters. The van der Waals surface area contributed by atoms with E-state index in [0.717, 1.165) is 12.0 Å². The number of likely N-dealkylation sites (tertiary alicyclic amines) is 1. The van der Waals surface area contributed by atoms with Crippen LogP contribution >= 0.6 is 0 Å². The molecule has 2 amide bonds. The summed E-state index contributed by atoms with van der Waals surface area (Å²) in [6.07, 6.45) is 2.63. The molecule has 1 aromatic carbocycles. The summed E-state index contributed by atoms with van der Waals surface area (Å²) >= 11 is 0. The van der Waals surface area contributed by atoms with E-state index in [0.29, 0.717) is 42.6 Å². The molecule has 1 fully saturated rings. The number of pyridine rings is 1. The third-order valence-corrected chi connectivity index (χ3v) is 4.98. The maximum atomic E-state index is 12.7. The molecule has 8 heteroatoms. The lowest BCUT2D eigenvalue weighted by atomic mass is 9.97. The van der Waals surface area contributed by atoms with Crippen molar-refractivity contribution in [3.05, 3.63) is 42.1 Å². The van der Waals surface area contributed by atoms with Gasteiger partial charge in [-0.05, 0) is 64.3 Å². The number of carbonyl (C=O) groups is 2. The molecule has 0 spiro atoms. The number of ether oxygens (including phenoxy) is 3. The monoisotopic (exact) mass is 441 g/mol. The predicted octanol–water partition coefficient (Wildman–Crippen LogP) is 4.78. The van der Waals surface area contributed by atoms with Gasteiger partial charge in [0.15, 0.2) is 11.5 Å². The number of hydrogen-bond donors (Lipinski definition) is 1. The molecule has 1 aliphatic heterocycles. The normalized spacial score (nSPS) is 16.3. The Morgan fingerprint density at radius 1 is 1.16 bits per heavy atom. The summed E-state index contributed by atoms with van der Waals surface area (Å²) in [5.41, 5.74) is 1.06. The molecule has 2 heterocycles. The highest BCUT2D eigenvalue weighted by Gasteiger charge is 2.31. The van der Waals surface area contributed by atoms with E-state index in [2.05, 4.69) is 10.3 Å². The highest BCUT2D eigenvalue weighted by atomic mass is 16.6. The molecular weight excluding hydrogens is 410 g/mol. The highest BCUT2D eigenvalue weighted by molar-refractivity contribution is 5.92. The Hall–Kier alpha value is -3.29. The van der Waals surface area contributed by atoms with Gasteiger partial charge in [0, 0.05) is 19.2 Å². The van der Waals surface area contributed by atoms with E-state index in [-0.39, 0.29) is 17.9 Å². The summed E-state index contributed by atoms with van der Waals surface area (Å²) in [6, 6.07) is 9.05. The third kappa shape index (κ3) is 6.35. The van der Waals surface area contributed by atoms with Crippen molar-refractivity contribution in [2.75, 3.05) is 25.5 Å². The fourth-order valence-electron chi connectivity index (χ4n) is 3.41. The van der Waals surface area contributed by atoms with E-state index < -0.39 is 5.60 Å². The summed E-state index contributed by atoms with van der Waals surface area (Å²) in [6.45, 7) is 8.38. The van der Waals surface area contributed by atoms with Crippen molar-refractivity contribution >= 4 is 17.7 Å². The molecular formula is C24H31N3O5. The number of benzene rings is 1. The van der Waals surface area contributed by atoms with Gasteiger partial charge < -0.3 is 24.4 Å². The van der Waals surface area contributed by atoms with E-state index in [9.17, 15) is 9.59 Å². The van der Waals surface area contributed by atoms with Gasteiger partial charge in [0.25, 0.3) is 0 Å². The Morgan fingerprint density at radius 3 is 2.59 bits per heavy atom. The molecule has 1 aromatic heterocycles. The number of aryl methyl sites for hydroxylation is 1. The second kappa shape index (κ2) is 9.89. The molecule has 2 aromatic rings. The summed E-state index contributed by atoms with van der Waals surface area (Å²) in [4.78, 5) is 31.0. The summed E-state index contributed by atoms with van der Waals surface area (Å²) in [5, 5.41) is 2.88. The van der Waals surface area contributed by atoms with Crippen LogP contribution in [0.15, 0.2) is 36.5 Å². The lowest BCUT2D eigenvalue weighted by Crippen LogP contribution is -2.45. The fourth-order valence-corrected chi connectivity index (χ4v) is 3.41. The minimum Gasteiger partial charge on any atom is -0.493 e. The van der Waals surface area contributed by atoms with Gasteiger partial charge in [0.1, 0.15) is 5.60 Å². The maximum absolute atomic E-state index is 12.7. The molecule has 32 heavy (non-hydrogen) atoms. The van der Waals surface area contributed by atoms with Gasteiger partial charge in [-0.2, -0.15) is 0 Å². The SMILES string of the molecule is COc1cc(C)ccc1Oc1ccc(NC(=O)C2CCCN(C(=O)OC(C)(C)C)C2)cn1. The molecule has 8 nitrogen and oxygen atoms in total. The number of aromatic nitrogens is 1. The summed E-state index contributed by atoms with van der Waals surface area (Å²) in [5.74, 6) is 1.12. The van der Waals surface area contributed by atoms with E-state index in [1.807, 2.05) is 45.9 Å². The molecule has 3 rings (SSSR count). The quantitative estimate of drug-likeness (QED) is 0.718. The smallest absolute Gasteiger partial charge is 0.410 e. The maximum Gasteiger partial charge on any atom is 0.410 e. The summed E-state index contributed by atoms with van der Waals surface area (Å²) < 4.78 is 16.6. The number of nitrogens with zero attached hydrogens (tertiary/aromatic N) is 2. The molecule has 0 saturated carbocycles. The van der Waals surface area contributed by atoms with Crippen LogP contribution in [0.4, 0.5) is 10.5 Å². The first-order chi connectivity index (χ1) is 15.1. The van der Waals surface area contributed by atoms with Gasteiger partial charge in [-0.1, -0.05) is 6.07 Å². The van der Waals surface area contributed by atoms with Gasteiger partial charge in [0.2, 0.25) is 11.8 Å². The van der Waals surface area contributed by atoms with E-state index in [4.69, 9.17) is 14.2 Å². The number of nitrogens with one attached hydrogen (secondary N) is 1. The Morgan fingerprint density at radius 2 is 1.94 bits per heavy atom. The number of piperidine rings is 1. The fraction of sp³-hybridized carbons (Fsp3) is 0.458. The molecule has 0 radical (unpaired) electrons. The van der Waals surface area contributed by atoms with Gasteiger partial charge in [-0.25, -0.2) is 9.78 Å². The van der Waals surface area contributed by atoms with Crippen molar-refractivity contribution in [1.82, 2.24) is 9.88 Å². The summed E-state index contributed by atoms with van der Waals surface area (Å²) in [7, 11) is 1.59.